The number of nitrogens with one attached hydrogen (secondary N) is 1. The van der Waals surface area contributed by atoms with Gasteiger partial charge in [0, 0.05) is 0 Å². The van der Waals surface area contributed by atoms with Crippen LogP contribution in [-0.2, 0) is 6.42 Å². The van der Waals surface area contributed by atoms with E-state index in [1.54, 1.807) is 6.20 Å². The van der Waals surface area contributed by atoms with Crippen LogP contribution in [0.4, 0.5) is 0 Å². The third-order valence-corrected chi connectivity index (χ3v) is 3.01. The average molecular weight is 280 g/mol. The van der Waals surface area contributed by atoms with Crippen LogP contribution in [0.1, 0.15) is 29.9 Å². The van der Waals surface area contributed by atoms with Crippen molar-refractivity contribution in [3.63, 3.8) is 0 Å². The molecule has 1 heterocycles. The van der Waals surface area contributed by atoms with E-state index >= 15 is 0 Å². The number of halogens is 1. The largest absolute Gasteiger partial charge is 0.335 e. The van der Waals surface area contributed by atoms with Crippen molar-refractivity contribution in [3.8, 4) is 0 Å². The number of aryl methyl sites for hydroxylation is 1. The van der Waals surface area contributed by atoms with Gasteiger partial charge in [-0.2, -0.15) is 0 Å². The average Bonchev–Trinajstić information content (AvgIpc) is 2.75. The van der Waals surface area contributed by atoms with E-state index in [1.807, 2.05) is 0 Å². The minimum absolute atomic E-state index is 0.197. The Morgan fingerprint density at radius 3 is 2.56 bits per heavy atom. The van der Waals surface area contributed by atoms with Crippen molar-refractivity contribution in [2.24, 2.45) is 5.73 Å². The number of hydrogen-bond acceptors (Lipinski definition) is 2. The second-order valence-corrected chi connectivity index (χ2v) is 4.54. The van der Waals surface area contributed by atoms with Gasteiger partial charge in [-0.05, 0) is 33.5 Å². The number of hydrogen-bond donors (Lipinski definition) is 2. The third kappa shape index (κ3) is 2.33. The second-order valence-electron chi connectivity index (χ2n) is 3.69. The zero-order valence-corrected chi connectivity index (χ0v) is 10.7. The number of rotatable bonds is 3. The molecule has 1 unspecified atom stereocenters. The lowest BCUT2D eigenvalue weighted by atomic mass is 10.0. The van der Waals surface area contributed by atoms with Crippen molar-refractivity contribution in [1.29, 1.82) is 0 Å². The van der Waals surface area contributed by atoms with Crippen LogP contribution in [0.2, 0.25) is 0 Å². The molecule has 1 aromatic carbocycles. The maximum atomic E-state index is 6.11. The van der Waals surface area contributed by atoms with Gasteiger partial charge in [0.15, 0.2) is 0 Å². The van der Waals surface area contributed by atoms with Crippen molar-refractivity contribution in [2.75, 3.05) is 0 Å². The molecule has 2 aromatic rings. The quantitative estimate of drug-likeness (QED) is 0.908. The van der Waals surface area contributed by atoms with Crippen LogP contribution in [0.3, 0.4) is 0 Å². The molecule has 0 amide bonds. The predicted molar refractivity (Wildman–Crippen MR) is 68.1 cm³/mol. The van der Waals surface area contributed by atoms with Gasteiger partial charge in [-0.15, -0.1) is 0 Å². The SMILES string of the molecule is CCc1ccc(C(N)c2ncc(Br)[nH]2)cc1. The highest BCUT2D eigenvalue weighted by atomic mass is 79.9. The van der Waals surface area contributed by atoms with Crippen LogP contribution in [-0.4, -0.2) is 9.97 Å². The second kappa shape index (κ2) is 4.80. The molecule has 0 bridgehead atoms. The first-order valence-corrected chi connectivity index (χ1v) is 6.05. The molecule has 84 valence electrons. The third-order valence-electron chi connectivity index (χ3n) is 2.61. The molecule has 0 aliphatic carbocycles. The van der Waals surface area contributed by atoms with Gasteiger partial charge in [0.2, 0.25) is 0 Å². The molecule has 0 fully saturated rings. The number of nitrogens with zero attached hydrogens (tertiary/aromatic N) is 1. The standard InChI is InChI=1S/C12H14BrN3/c1-2-8-3-5-9(6-4-8)11(14)12-15-7-10(13)16-12/h3-7,11H,2,14H2,1H3,(H,15,16). The van der Waals surface area contributed by atoms with Gasteiger partial charge in [0.1, 0.15) is 10.4 Å². The Balaban J connectivity index is 2.23. The van der Waals surface area contributed by atoms with E-state index in [2.05, 4.69) is 57.1 Å². The summed E-state index contributed by atoms with van der Waals surface area (Å²) >= 11 is 3.32. The van der Waals surface area contributed by atoms with E-state index in [0.717, 1.165) is 22.4 Å². The van der Waals surface area contributed by atoms with Crippen LogP contribution in [0, 0.1) is 0 Å². The van der Waals surface area contributed by atoms with Crippen molar-refractivity contribution in [2.45, 2.75) is 19.4 Å². The first-order chi connectivity index (χ1) is 7.70. The van der Waals surface area contributed by atoms with E-state index < -0.39 is 0 Å². The van der Waals surface area contributed by atoms with Gasteiger partial charge in [-0.1, -0.05) is 31.2 Å². The summed E-state index contributed by atoms with van der Waals surface area (Å²) in [5.41, 5.74) is 8.49. The Morgan fingerprint density at radius 2 is 2.06 bits per heavy atom. The normalized spacial score (nSPS) is 12.7. The maximum absolute atomic E-state index is 6.11. The Morgan fingerprint density at radius 1 is 1.38 bits per heavy atom. The molecule has 0 aliphatic heterocycles. The molecule has 1 aromatic heterocycles. The molecule has 3 N–H and O–H groups in total. The Kier molecular flexibility index (Phi) is 3.41. The van der Waals surface area contributed by atoms with Crippen LogP contribution in [0.5, 0.6) is 0 Å². The van der Waals surface area contributed by atoms with E-state index in [0.29, 0.717) is 0 Å². The summed E-state index contributed by atoms with van der Waals surface area (Å²) in [7, 11) is 0. The molecule has 0 aliphatic rings. The monoisotopic (exact) mass is 279 g/mol. The minimum Gasteiger partial charge on any atom is -0.335 e. The lowest BCUT2D eigenvalue weighted by molar-refractivity contribution is 0.798. The van der Waals surface area contributed by atoms with Gasteiger partial charge < -0.3 is 10.7 Å². The lowest BCUT2D eigenvalue weighted by Gasteiger charge is -2.09. The van der Waals surface area contributed by atoms with Gasteiger partial charge in [-0.25, -0.2) is 4.98 Å². The molecule has 16 heavy (non-hydrogen) atoms. The van der Waals surface area contributed by atoms with E-state index in [1.165, 1.54) is 5.56 Å². The predicted octanol–water partition coefficient (Wildman–Crippen LogP) is 2.78. The Labute approximate surface area is 103 Å². The molecule has 4 heteroatoms. The fraction of sp³-hybridized carbons (Fsp3) is 0.250. The lowest BCUT2D eigenvalue weighted by Crippen LogP contribution is -2.13. The number of nitrogens with two attached hydrogens (primary N) is 1. The number of benzene rings is 1. The summed E-state index contributed by atoms with van der Waals surface area (Å²) in [4.78, 5) is 7.29. The molecule has 0 radical (unpaired) electrons. The summed E-state index contributed by atoms with van der Waals surface area (Å²) in [6, 6.07) is 8.12. The first-order valence-electron chi connectivity index (χ1n) is 5.25. The highest BCUT2D eigenvalue weighted by Gasteiger charge is 2.11. The molecular weight excluding hydrogens is 266 g/mol. The Bertz CT molecular complexity index is 461. The fourth-order valence-electron chi connectivity index (χ4n) is 1.59. The van der Waals surface area contributed by atoms with Crippen molar-refractivity contribution in [1.82, 2.24) is 9.97 Å². The van der Waals surface area contributed by atoms with Gasteiger partial charge in [-0.3, -0.25) is 0 Å². The number of aromatic nitrogens is 2. The molecule has 3 nitrogen and oxygen atoms in total. The zero-order valence-electron chi connectivity index (χ0n) is 9.07. The van der Waals surface area contributed by atoms with Crippen LogP contribution >= 0.6 is 15.9 Å². The van der Waals surface area contributed by atoms with Crippen LogP contribution in [0.25, 0.3) is 0 Å². The van der Waals surface area contributed by atoms with Crippen molar-refractivity contribution < 1.29 is 0 Å². The van der Waals surface area contributed by atoms with E-state index in [-0.39, 0.29) is 6.04 Å². The number of H-pyrrole nitrogens is 1. The molecule has 2 rings (SSSR count). The maximum Gasteiger partial charge on any atom is 0.128 e. The number of aromatic amines is 1. The van der Waals surface area contributed by atoms with Crippen LogP contribution < -0.4 is 5.73 Å². The fourth-order valence-corrected chi connectivity index (χ4v) is 1.90. The molecule has 0 saturated heterocycles. The van der Waals surface area contributed by atoms with Gasteiger partial charge in [0.05, 0.1) is 12.2 Å². The summed E-state index contributed by atoms with van der Waals surface area (Å²) in [6.45, 7) is 2.14. The first kappa shape index (κ1) is 11.4. The summed E-state index contributed by atoms with van der Waals surface area (Å²) in [5, 5.41) is 0. The summed E-state index contributed by atoms with van der Waals surface area (Å²) < 4.78 is 0.850. The molecular formula is C12H14BrN3. The van der Waals surface area contributed by atoms with Crippen molar-refractivity contribution in [3.05, 3.63) is 52.0 Å². The van der Waals surface area contributed by atoms with E-state index in [9.17, 15) is 0 Å². The summed E-state index contributed by atoms with van der Waals surface area (Å²) in [6.07, 6.45) is 2.76. The topological polar surface area (TPSA) is 54.7 Å². The highest BCUT2D eigenvalue weighted by Crippen LogP contribution is 2.19. The Hall–Kier alpha value is -1.13. The molecule has 1 atom stereocenters. The number of imidazole rings is 1. The minimum atomic E-state index is -0.197. The van der Waals surface area contributed by atoms with E-state index in [4.69, 9.17) is 5.73 Å². The smallest absolute Gasteiger partial charge is 0.128 e. The van der Waals surface area contributed by atoms with Crippen LogP contribution in [0.15, 0.2) is 35.1 Å². The van der Waals surface area contributed by atoms with Gasteiger partial charge >= 0.3 is 0 Å². The van der Waals surface area contributed by atoms with Gasteiger partial charge in [0.25, 0.3) is 0 Å². The zero-order chi connectivity index (χ0) is 11.5. The van der Waals surface area contributed by atoms with Crippen molar-refractivity contribution >= 4 is 15.9 Å². The molecule has 0 saturated carbocycles. The summed E-state index contributed by atoms with van der Waals surface area (Å²) in [5.74, 6) is 0.774. The molecule has 0 spiro atoms. The highest BCUT2D eigenvalue weighted by molar-refractivity contribution is 9.10.